The summed E-state index contributed by atoms with van der Waals surface area (Å²) in [5, 5.41) is 0. The van der Waals surface area contributed by atoms with E-state index in [-0.39, 0.29) is 22.9 Å². The molecular weight excluding hydrogens is 413 g/mol. The second kappa shape index (κ2) is 6.78. The maximum atomic E-state index is 2.59. The van der Waals surface area contributed by atoms with Crippen molar-refractivity contribution in [1.82, 2.24) is 0 Å². The average Bonchev–Trinajstić information content (AvgIpc) is 3.27. The van der Waals surface area contributed by atoms with Crippen LogP contribution in [-0.2, 0) is 27.4 Å². The summed E-state index contributed by atoms with van der Waals surface area (Å²) in [4.78, 5) is 0. The molecule has 1 heteroatoms. The first kappa shape index (κ1) is 22.2. The Morgan fingerprint density at radius 1 is 0.393 bits per heavy atom. The molecule has 3 aliphatic rings. The van der Waals surface area contributed by atoms with E-state index in [1.807, 2.05) is 0 Å². The van der Waals surface area contributed by atoms with Gasteiger partial charge in [0.05, 0.1) is 0 Å². The summed E-state index contributed by atoms with van der Waals surface area (Å²) >= 11 is -2.74. The van der Waals surface area contributed by atoms with Gasteiger partial charge in [0, 0.05) is 0 Å². The van der Waals surface area contributed by atoms with Gasteiger partial charge in [0.2, 0.25) is 0 Å². The van der Waals surface area contributed by atoms with Crippen molar-refractivity contribution < 1.29 is 27.4 Å². The first-order valence-corrected chi connectivity index (χ1v) is 15.1. The van der Waals surface area contributed by atoms with E-state index in [4.69, 9.17) is 0 Å². The fourth-order valence-corrected chi connectivity index (χ4v) is 22.7. The van der Waals surface area contributed by atoms with Gasteiger partial charge >= 0.3 is 186 Å². The fraction of sp³-hybridized carbons (Fsp3) is 0.556. The van der Waals surface area contributed by atoms with Crippen LogP contribution in [0.4, 0.5) is 0 Å². The molecule has 0 saturated carbocycles. The van der Waals surface area contributed by atoms with Crippen LogP contribution in [0.2, 0.25) is 6.68 Å². The number of rotatable bonds is 3. The SMILES string of the molecule is CC(C)(C)[C]1([Y]([C]2(C(C)(C)C)C=CC=C2)[C]2(C(C)(C)C)C=CC=C2)C=CC=C1. The summed E-state index contributed by atoms with van der Waals surface area (Å²) in [5.41, 5.74) is 0.548. The number of allylic oxidation sites excluding steroid dienone is 12. The van der Waals surface area contributed by atoms with Gasteiger partial charge in [-0.25, -0.2) is 0 Å². The van der Waals surface area contributed by atoms with E-state index in [2.05, 4.69) is 135 Å². The molecule has 3 rings (SSSR count). The monoisotopic (exact) mass is 452 g/mol. The Morgan fingerprint density at radius 2 is 0.571 bits per heavy atom. The number of hydrogen-bond acceptors (Lipinski definition) is 0. The van der Waals surface area contributed by atoms with E-state index in [1.165, 1.54) is 0 Å². The molecule has 0 aliphatic heterocycles. The summed E-state index contributed by atoms with van der Waals surface area (Å²) in [6.45, 7) is 22.2. The zero-order valence-corrected chi connectivity index (χ0v) is 22.3. The Hall–Kier alpha value is -0.456. The summed E-state index contributed by atoms with van der Waals surface area (Å²) in [7, 11) is 0. The van der Waals surface area contributed by atoms with Crippen LogP contribution < -0.4 is 0 Å². The molecule has 0 N–H and O–H groups in total. The van der Waals surface area contributed by atoms with Crippen molar-refractivity contribution in [2.45, 2.75) is 69.0 Å². The van der Waals surface area contributed by atoms with Gasteiger partial charge in [-0.2, -0.15) is 0 Å². The average molecular weight is 453 g/mol. The molecule has 0 spiro atoms. The second-order valence-corrected chi connectivity index (χ2v) is 21.3. The fourth-order valence-electron chi connectivity index (χ4n) is 6.02. The third kappa shape index (κ3) is 3.01. The van der Waals surface area contributed by atoms with Crippen LogP contribution in [0.15, 0.2) is 72.9 Å². The summed E-state index contributed by atoms with van der Waals surface area (Å²) in [6, 6.07) is 0. The molecule has 0 atom stereocenters. The van der Waals surface area contributed by atoms with Gasteiger partial charge in [-0.1, -0.05) is 0 Å². The molecule has 0 unspecified atom stereocenters. The van der Waals surface area contributed by atoms with Crippen LogP contribution in [0, 0.1) is 16.2 Å². The molecule has 0 saturated heterocycles. The molecule has 0 fully saturated rings. The number of hydrogen-bond donors (Lipinski definition) is 0. The van der Waals surface area contributed by atoms with Gasteiger partial charge in [-0.15, -0.1) is 0 Å². The van der Waals surface area contributed by atoms with Crippen LogP contribution in [-0.4, -0.2) is 0 Å². The van der Waals surface area contributed by atoms with Gasteiger partial charge in [0.25, 0.3) is 0 Å². The Balaban J connectivity index is 2.44. The van der Waals surface area contributed by atoms with Crippen LogP contribution in [0.3, 0.4) is 0 Å². The van der Waals surface area contributed by atoms with Crippen molar-refractivity contribution in [1.29, 1.82) is 0 Å². The summed E-state index contributed by atoms with van der Waals surface area (Å²) in [5.74, 6) is 0. The normalized spacial score (nSPS) is 23.9. The molecule has 0 radical (unpaired) electrons. The van der Waals surface area contributed by atoms with Crippen LogP contribution >= 0.6 is 0 Å². The van der Waals surface area contributed by atoms with Crippen molar-refractivity contribution in [3.05, 3.63) is 72.9 Å². The zero-order chi connectivity index (χ0) is 21.1. The molecule has 0 amide bonds. The van der Waals surface area contributed by atoms with Crippen LogP contribution in [0.5, 0.6) is 0 Å². The second-order valence-electron chi connectivity index (χ2n) is 12.1. The first-order valence-electron chi connectivity index (χ1n) is 10.8. The van der Waals surface area contributed by atoms with Crippen molar-refractivity contribution in [2.75, 3.05) is 0 Å². The molecule has 0 aromatic heterocycles. The predicted octanol–water partition coefficient (Wildman–Crippen LogP) is 8.60. The maximum absolute atomic E-state index is 2.74. The molecule has 150 valence electrons. The van der Waals surface area contributed by atoms with E-state index >= 15 is 0 Å². The van der Waals surface area contributed by atoms with E-state index < -0.39 is 27.4 Å². The molecule has 0 bridgehead atoms. The Kier molecular flexibility index (Phi) is 5.38. The van der Waals surface area contributed by atoms with E-state index in [0.29, 0.717) is 0 Å². The molecule has 0 heterocycles. The predicted molar refractivity (Wildman–Crippen MR) is 121 cm³/mol. The van der Waals surface area contributed by atoms with Crippen LogP contribution in [0.25, 0.3) is 0 Å². The van der Waals surface area contributed by atoms with E-state index in [1.54, 1.807) is 0 Å². The van der Waals surface area contributed by atoms with Crippen molar-refractivity contribution in [2.24, 2.45) is 16.2 Å². The Bertz CT molecular complexity index is 645. The van der Waals surface area contributed by atoms with Gasteiger partial charge in [-0.05, 0) is 0 Å². The van der Waals surface area contributed by atoms with Crippen molar-refractivity contribution in [3.8, 4) is 0 Å². The van der Waals surface area contributed by atoms with Crippen LogP contribution in [0.1, 0.15) is 62.3 Å². The molecule has 0 nitrogen and oxygen atoms in total. The topological polar surface area (TPSA) is 0 Å². The molecule has 28 heavy (non-hydrogen) atoms. The molecule has 0 aromatic carbocycles. The van der Waals surface area contributed by atoms with Gasteiger partial charge in [-0.3, -0.25) is 0 Å². The Morgan fingerprint density at radius 3 is 0.714 bits per heavy atom. The zero-order valence-electron chi connectivity index (χ0n) is 19.5. The Labute approximate surface area is 184 Å². The molecule has 3 aliphatic carbocycles. The first-order chi connectivity index (χ1) is 12.7. The third-order valence-corrected chi connectivity index (χ3v) is 24.2. The summed E-state index contributed by atoms with van der Waals surface area (Å²) < 4.78 is 0.480. The van der Waals surface area contributed by atoms with Gasteiger partial charge in [0.15, 0.2) is 0 Å². The standard InChI is InChI=1S/3C9H13.Y/c3*1-9(2,3)8-6-4-5-7-8;/h3*4-7H,1-3H3;. The van der Waals surface area contributed by atoms with Gasteiger partial charge < -0.3 is 0 Å². The quantitative estimate of drug-likeness (QED) is 0.402. The third-order valence-electron chi connectivity index (χ3n) is 7.90. The van der Waals surface area contributed by atoms with E-state index in [0.717, 1.165) is 0 Å². The van der Waals surface area contributed by atoms with Gasteiger partial charge in [0.1, 0.15) is 0 Å². The molecule has 0 aromatic rings. The minimum atomic E-state index is -2.74. The minimum absolute atomic E-state index is 0.160. The van der Waals surface area contributed by atoms with E-state index in [9.17, 15) is 0 Å². The van der Waals surface area contributed by atoms with Crippen molar-refractivity contribution in [3.63, 3.8) is 0 Å². The van der Waals surface area contributed by atoms with Crippen molar-refractivity contribution >= 4 is 0 Å². The summed E-state index contributed by atoms with van der Waals surface area (Å²) in [6.07, 6.45) is 29.5. The molecular formula is C27H39Y.